The van der Waals surface area contributed by atoms with Gasteiger partial charge in [0.05, 0.1) is 11.5 Å². The van der Waals surface area contributed by atoms with Crippen LogP contribution in [0.25, 0.3) is 11.5 Å². The summed E-state index contributed by atoms with van der Waals surface area (Å²) >= 11 is 0. The van der Waals surface area contributed by atoms with Crippen LogP contribution in [0.4, 0.5) is 0 Å². The largest absolute Gasteiger partial charge is 0.466 e. The number of likely N-dealkylation sites (tertiary alicyclic amines) is 1. The molecule has 1 amide bonds. The molecule has 4 heterocycles. The van der Waals surface area contributed by atoms with Gasteiger partial charge in [-0.2, -0.15) is 0 Å². The molecule has 2 aliphatic rings. The van der Waals surface area contributed by atoms with Crippen LogP contribution in [0.2, 0.25) is 0 Å². The van der Waals surface area contributed by atoms with Gasteiger partial charge in [0.2, 0.25) is 18.6 Å². The molecule has 1 atom stereocenters. The lowest BCUT2D eigenvalue weighted by Crippen LogP contribution is -2.39. The number of rotatable bonds is 3. The molecule has 0 bridgehead atoms. The normalized spacial score (nSPS) is 18.3. The van der Waals surface area contributed by atoms with E-state index in [1.807, 2.05) is 36.9 Å². The number of hydrogen-bond donors (Lipinski definition) is 0. The van der Waals surface area contributed by atoms with Gasteiger partial charge in [0, 0.05) is 18.7 Å². The summed E-state index contributed by atoms with van der Waals surface area (Å²) in [6.45, 7) is 5.14. The number of piperidine rings is 1. The second-order valence-electron chi connectivity index (χ2n) is 7.43. The SMILES string of the molecule is Cc1cc(C(=O)N2CCC[C@@H](c3nnc(-c4ccc5c(c4)OCO5)o3)C2)c(C)o1. The van der Waals surface area contributed by atoms with Crippen LogP contribution in [-0.2, 0) is 0 Å². The topological polar surface area (TPSA) is 90.8 Å². The van der Waals surface area contributed by atoms with E-state index in [-0.39, 0.29) is 18.6 Å². The van der Waals surface area contributed by atoms with E-state index >= 15 is 0 Å². The third-order valence-electron chi connectivity index (χ3n) is 5.39. The Kier molecular flexibility index (Phi) is 4.26. The number of hydrogen-bond acceptors (Lipinski definition) is 7. The summed E-state index contributed by atoms with van der Waals surface area (Å²) in [5.41, 5.74) is 1.40. The summed E-state index contributed by atoms with van der Waals surface area (Å²) in [7, 11) is 0. The van der Waals surface area contributed by atoms with Crippen molar-refractivity contribution in [3.05, 3.63) is 47.2 Å². The summed E-state index contributed by atoms with van der Waals surface area (Å²) in [6.07, 6.45) is 1.78. The summed E-state index contributed by atoms with van der Waals surface area (Å²) in [6, 6.07) is 7.33. The van der Waals surface area contributed by atoms with E-state index in [1.165, 1.54) is 0 Å². The lowest BCUT2D eigenvalue weighted by Gasteiger charge is -2.31. The maximum atomic E-state index is 12.9. The Labute approximate surface area is 167 Å². The van der Waals surface area contributed by atoms with Crippen LogP contribution in [0.5, 0.6) is 11.5 Å². The Morgan fingerprint density at radius 1 is 1.10 bits per heavy atom. The summed E-state index contributed by atoms with van der Waals surface area (Å²) < 4.78 is 22.2. The van der Waals surface area contributed by atoms with Crippen LogP contribution in [0.3, 0.4) is 0 Å². The summed E-state index contributed by atoms with van der Waals surface area (Å²) in [4.78, 5) is 14.8. The van der Waals surface area contributed by atoms with Gasteiger partial charge in [-0.05, 0) is 51.0 Å². The number of nitrogens with zero attached hydrogens (tertiary/aromatic N) is 3. The van der Waals surface area contributed by atoms with Gasteiger partial charge in [-0.25, -0.2) is 0 Å². The van der Waals surface area contributed by atoms with Crippen molar-refractivity contribution in [3.8, 4) is 23.0 Å². The van der Waals surface area contributed by atoms with Crippen molar-refractivity contribution in [2.24, 2.45) is 0 Å². The van der Waals surface area contributed by atoms with Crippen LogP contribution in [0.1, 0.15) is 46.5 Å². The van der Waals surface area contributed by atoms with E-state index in [9.17, 15) is 4.79 Å². The highest BCUT2D eigenvalue weighted by Crippen LogP contribution is 2.36. The van der Waals surface area contributed by atoms with Gasteiger partial charge in [-0.15, -0.1) is 10.2 Å². The number of furan rings is 1. The molecular weight excluding hydrogens is 374 g/mol. The Morgan fingerprint density at radius 2 is 1.97 bits per heavy atom. The molecule has 8 heteroatoms. The van der Waals surface area contributed by atoms with E-state index in [4.69, 9.17) is 18.3 Å². The van der Waals surface area contributed by atoms with Gasteiger partial charge < -0.3 is 23.2 Å². The van der Waals surface area contributed by atoms with E-state index in [2.05, 4.69) is 10.2 Å². The standard InChI is InChI=1S/C21H21N3O5/c1-12-8-16(13(2)28-12)21(25)24-7-3-4-15(10-24)20-23-22-19(29-20)14-5-6-17-18(9-14)27-11-26-17/h5-6,8-9,15H,3-4,7,10-11H2,1-2H3/t15-/m1/s1. The lowest BCUT2D eigenvalue weighted by molar-refractivity contribution is 0.0696. The lowest BCUT2D eigenvalue weighted by atomic mass is 9.97. The van der Waals surface area contributed by atoms with Gasteiger partial charge >= 0.3 is 0 Å². The van der Waals surface area contributed by atoms with Gasteiger partial charge in [-0.1, -0.05) is 0 Å². The number of aromatic nitrogens is 2. The Morgan fingerprint density at radius 3 is 2.79 bits per heavy atom. The minimum absolute atomic E-state index is 0.0104. The highest BCUT2D eigenvalue weighted by molar-refractivity contribution is 5.95. The molecule has 29 heavy (non-hydrogen) atoms. The minimum atomic E-state index is -0.0143. The van der Waals surface area contributed by atoms with Crippen molar-refractivity contribution in [1.29, 1.82) is 0 Å². The molecule has 8 nitrogen and oxygen atoms in total. The summed E-state index contributed by atoms with van der Waals surface area (Å²) in [5.74, 6) is 3.75. The molecule has 1 aromatic carbocycles. The summed E-state index contributed by atoms with van der Waals surface area (Å²) in [5, 5.41) is 8.45. The Hall–Kier alpha value is -3.29. The molecule has 0 radical (unpaired) electrons. The molecule has 5 rings (SSSR count). The van der Waals surface area contributed by atoms with Crippen molar-refractivity contribution in [2.75, 3.05) is 19.9 Å². The van der Waals surface area contributed by atoms with Crippen LogP contribution < -0.4 is 9.47 Å². The quantitative estimate of drug-likeness (QED) is 0.668. The maximum absolute atomic E-state index is 12.9. The average molecular weight is 395 g/mol. The molecule has 1 saturated heterocycles. The van der Waals surface area contributed by atoms with Crippen LogP contribution in [0, 0.1) is 13.8 Å². The predicted octanol–water partition coefficient (Wildman–Crippen LogP) is 3.69. The number of amides is 1. The molecule has 3 aromatic rings. The first-order chi connectivity index (χ1) is 14.1. The number of benzene rings is 1. The number of fused-ring (bicyclic) bond motifs is 1. The molecule has 0 aliphatic carbocycles. The predicted molar refractivity (Wildman–Crippen MR) is 102 cm³/mol. The second kappa shape index (κ2) is 6.95. The first kappa shape index (κ1) is 17.8. The zero-order chi connectivity index (χ0) is 20.0. The molecule has 2 aliphatic heterocycles. The van der Waals surface area contributed by atoms with E-state index < -0.39 is 0 Å². The number of carbonyl (C=O) groups is 1. The molecule has 1 fully saturated rings. The molecule has 0 unspecified atom stereocenters. The molecule has 0 saturated carbocycles. The zero-order valence-corrected chi connectivity index (χ0v) is 16.3. The van der Waals surface area contributed by atoms with E-state index in [1.54, 1.807) is 6.07 Å². The average Bonchev–Trinajstić information content (AvgIpc) is 3.46. The molecule has 150 valence electrons. The van der Waals surface area contributed by atoms with Crippen molar-refractivity contribution in [2.45, 2.75) is 32.6 Å². The highest BCUT2D eigenvalue weighted by Gasteiger charge is 2.30. The smallest absolute Gasteiger partial charge is 0.257 e. The molecular formula is C21H21N3O5. The number of ether oxygens (including phenoxy) is 2. The number of carbonyl (C=O) groups excluding carboxylic acids is 1. The second-order valence-corrected chi connectivity index (χ2v) is 7.43. The van der Waals surface area contributed by atoms with Gasteiger partial charge in [-0.3, -0.25) is 4.79 Å². The fraction of sp³-hybridized carbons (Fsp3) is 0.381. The minimum Gasteiger partial charge on any atom is -0.466 e. The first-order valence-electron chi connectivity index (χ1n) is 9.68. The Balaban J connectivity index is 1.34. The van der Waals surface area contributed by atoms with Crippen molar-refractivity contribution >= 4 is 5.91 Å². The van der Waals surface area contributed by atoms with Gasteiger partial charge in [0.15, 0.2) is 11.5 Å². The molecule has 0 N–H and O–H groups in total. The van der Waals surface area contributed by atoms with Gasteiger partial charge in [0.25, 0.3) is 5.91 Å². The van der Waals surface area contributed by atoms with Crippen molar-refractivity contribution in [1.82, 2.24) is 15.1 Å². The molecule has 2 aromatic heterocycles. The maximum Gasteiger partial charge on any atom is 0.257 e. The van der Waals surface area contributed by atoms with Crippen LogP contribution >= 0.6 is 0 Å². The fourth-order valence-electron chi connectivity index (χ4n) is 3.92. The molecule has 0 spiro atoms. The third kappa shape index (κ3) is 3.24. The van der Waals surface area contributed by atoms with Crippen molar-refractivity contribution in [3.63, 3.8) is 0 Å². The van der Waals surface area contributed by atoms with Crippen LogP contribution in [0.15, 0.2) is 33.1 Å². The van der Waals surface area contributed by atoms with Crippen molar-refractivity contribution < 1.29 is 23.1 Å². The first-order valence-corrected chi connectivity index (χ1v) is 9.68. The number of aryl methyl sites for hydroxylation is 2. The van der Waals surface area contributed by atoms with Crippen LogP contribution in [-0.4, -0.2) is 40.9 Å². The third-order valence-corrected chi connectivity index (χ3v) is 5.39. The van der Waals surface area contributed by atoms with E-state index in [0.29, 0.717) is 47.7 Å². The Bertz CT molecular complexity index is 1070. The zero-order valence-electron chi connectivity index (χ0n) is 16.3. The monoisotopic (exact) mass is 395 g/mol. The fourth-order valence-corrected chi connectivity index (χ4v) is 3.92. The highest BCUT2D eigenvalue weighted by atomic mass is 16.7. The van der Waals surface area contributed by atoms with Gasteiger partial charge in [0.1, 0.15) is 11.5 Å². The van der Waals surface area contributed by atoms with E-state index in [0.717, 1.165) is 24.2 Å².